The van der Waals surface area contributed by atoms with E-state index in [1.165, 1.54) is 4.88 Å². The van der Waals surface area contributed by atoms with Gasteiger partial charge in [0.2, 0.25) is 0 Å². The van der Waals surface area contributed by atoms with E-state index in [9.17, 15) is 0 Å². The molecule has 0 aliphatic rings. The maximum Gasteiger partial charge on any atom is 0.171 e. The van der Waals surface area contributed by atoms with Crippen molar-refractivity contribution in [2.24, 2.45) is 0 Å². The van der Waals surface area contributed by atoms with Crippen LogP contribution in [-0.2, 0) is 6.42 Å². The Labute approximate surface area is 113 Å². The molecule has 2 aromatic heterocycles. The summed E-state index contributed by atoms with van der Waals surface area (Å²) in [6.07, 6.45) is 2.85. The number of nitrogens with zero attached hydrogens (tertiary/aromatic N) is 2. The van der Waals surface area contributed by atoms with E-state index in [4.69, 9.17) is 0 Å². The maximum atomic E-state index is 4.52. The predicted molar refractivity (Wildman–Crippen MR) is 76.6 cm³/mol. The van der Waals surface area contributed by atoms with E-state index in [0.29, 0.717) is 0 Å². The highest BCUT2D eigenvalue weighted by molar-refractivity contribution is 9.10. The predicted octanol–water partition coefficient (Wildman–Crippen LogP) is 3.96. The highest BCUT2D eigenvalue weighted by atomic mass is 79.9. The van der Waals surface area contributed by atoms with Gasteiger partial charge in [-0.3, -0.25) is 0 Å². The number of nitrogens with one attached hydrogen (secondary N) is 1. The molecule has 0 amide bonds. The van der Waals surface area contributed by atoms with Crippen molar-refractivity contribution in [3.63, 3.8) is 0 Å². The first-order valence-electron chi connectivity index (χ1n) is 5.60. The molecule has 3 nitrogen and oxygen atoms in total. The van der Waals surface area contributed by atoms with E-state index in [1.807, 2.05) is 0 Å². The van der Waals surface area contributed by atoms with Gasteiger partial charge in [0, 0.05) is 17.6 Å². The van der Waals surface area contributed by atoms with Gasteiger partial charge in [-0.25, -0.2) is 9.97 Å². The van der Waals surface area contributed by atoms with Crippen LogP contribution in [0.15, 0.2) is 22.8 Å². The molecule has 0 atom stereocenters. The Kier molecular flexibility index (Phi) is 4.12. The summed E-state index contributed by atoms with van der Waals surface area (Å²) in [5, 5.41) is 3.21. The van der Waals surface area contributed by atoms with Crippen LogP contribution >= 0.6 is 27.3 Å². The van der Waals surface area contributed by atoms with E-state index < -0.39 is 0 Å². The lowest BCUT2D eigenvalue weighted by Crippen LogP contribution is -2.01. The molecule has 0 bridgehead atoms. The van der Waals surface area contributed by atoms with Crippen LogP contribution in [0.25, 0.3) is 10.7 Å². The van der Waals surface area contributed by atoms with Crippen LogP contribution in [0.1, 0.15) is 18.7 Å². The third-order valence-corrected chi connectivity index (χ3v) is 4.12. The summed E-state index contributed by atoms with van der Waals surface area (Å²) < 4.78 is 0.898. The van der Waals surface area contributed by atoms with E-state index in [0.717, 1.165) is 34.0 Å². The molecule has 0 saturated heterocycles. The van der Waals surface area contributed by atoms with Gasteiger partial charge in [-0.1, -0.05) is 6.92 Å². The normalized spacial score (nSPS) is 10.5. The second-order valence-electron chi connectivity index (χ2n) is 3.54. The Morgan fingerprint density at radius 2 is 2.18 bits per heavy atom. The summed E-state index contributed by atoms with van der Waals surface area (Å²) in [6, 6.07) is 4.22. The van der Waals surface area contributed by atoms with Crippen molar-refractivity contribution in [1.82, 2.24) is 9.97 Å². The average Bonchev–Trinajstić information content (AvgIpc) is 2.81. The second kappa shape index (κ2) is 5.60. The first-order valence-corrected chi connectivity index (χ1v) is 7.21. The molecule has 0 fully saturated rings. The number of hydrogen-bond acceptors (Lipinski definition) is 4. The van der Waals surface area contributed by atoms with Gasteiger partial charge in [-0.2, -0.15) is 0 Å². The van der Waals surface area contributed by atoms with Crippen molar-refractivity contribution >= 4 is 33.1 Å². The van der Waals surface area contributed by atoms with E-state index in [1.54, 1.807) is 17.5 Å². The SMILES string of the molecule is CCNc1nc(-c2ccc(CC)s2)ncc1Br. The Hall–Kier alpha value is -0.940. The van der Waals surface area contributed by atoms with Crippen molar-refractivity contribution in [1.29, 1.82) is 0 Å². The monoisotopic (exact) mass is 311 g/mol. The van der Waals surface area contributed by atoms with E-state index in [2.05, 4.69) is 57.2 Å². The molecule has 0 spiro atoms. The third kappa shape index (κ3) is 2.84. The van der Waals surface area contributed by atoms with Crippen molar-refractivity contribution in [3.8, 4) is 10.7 Å². The number of rotatable bonds is 4. The van der Waals surface area contributed by atoms with Crippen LogP contribution in [0.5, 0.6) is 0 Å². The van der Waals surface area contributed by atoms with Crippen LogP contribution in [0.4, 0.5) is 5.82 Å². The highest BCUT2D eigenvalue weighted by Crippen LogP contribution is 2.28. The molecule has 0 unspecified atom stereocenters. The number of aryl methyl sites for hydroxylation is 1. The first-order chi connectivity index (χ1) is 8.24. The van der Waals surface area contributed by atoms with Crippen LogP contribution < -0.4 is 5.32 Å². The fourth-order valence-corrected chi connectivity index (χ4v) is 2.69. The highest BCUT2D eigenvalue weighted by Gasteiger charge is 2.08. The Bertz CT molecular complexity index is 510. The Balaban J connectivity index is 2.35. The van der Waals surface area contributed by atoms with Gasteiger partial charge >= 0.3 is 0 Å². The molecule has 0 aliphatic carbocycles. The molecule has 0 saturated carbocycles. The molecular formula is C12H14BrN3S. The molecule has 1 N–H and O–H groups in total. The molecule has 90 valence electrons. The zero-order valence-electron chi connectivity index (χ0n) is 9.83. The lowest BCUT2D eigenvalue weighted by atomic mass is 10.3. The summed E-state index contributed by atoms with van der Waals surface area (Å²) in [6.45, 7) is 5.05. The minimum atomic E-state index is 0.786. The van der Waals surface area contributed by atoms with Gasteiger partial charge in [0.25, 0.3) is 0 Å². The van der Waals surface area contributed by atoms with Gasteiger partial charge in [-0.05, 0) is 41.4 Å². The molecular weight excluding hydrogens is 298 g/mol. The first kappa shape index (κ1) is 12.5. The Morgan fingerprint density at radius 3 is 2.82 bits per heavy atom. The van der Waals surface area contributed by atoms with Gasteiger partial charge < -0.3 is 5.32 Å². The lowest BCUT2D eigenvalue weighted by Gasteiger charge is -2.05. The van der Waals surface area contributed by atoms with Crippen molar-refractivity contribution < 1.29 is 0 Å². The topological polar surface area (TPSA) is 37.8 Å². The van der Waals surface area contributed by atoms with Crippen LogP contribution in [0.3, 0.4) is 0 Å². The number of aromatic nitrogens is 2. The van der Waals surface area contributed by atoms with Gasteiger partial charge in [0.05, 0.1) is 9.35 Å². The smallest absolute Gasteiger partial charge is 0.171 e. The molecule has 5 heteroatoms. The number of hydrogen-bond donors (Lipinski definition) is 1. The van der Waals surface area contributed by atoms with E-state index >= 15 is 0 Å². The van der Waals surface area contributed by atoms with Gasteiger partial charge in [0.1, 0.15) is 5.82 Å². The summed E-state index contributed by atoms with van der Waals surface area (Å²) in [4.78, 5) is 11.3. The molecule has 0 radical (unpaired) electrons. The van der Waals surface area contributed by atoms with Crippen LogP contribution in [-0.4, -0.2) is 16.5 Å². The van der Waals surface area contributed by atoms with Crippen molar-refractivity contribution in [3.05, 3.63) is 27.7 Å². The zero-order chi connectivity index (χ0) is 12.3. The lowest BCUT2D eigenvalue weighted by molar-refractivity contribution is 1.11. The summed E-state index contributed by atoms with van der Waals surface area (Å²) in [5.74, 6) is 1.64. The van der Waals surface area contributed by atoms with Gasteiger partial charge in [-0.15, -0.1) is 11.3 Å². The third-order valence-electron chi connectivity index (χ3n) is 2.32. The largest absolute Gasteiger partial charge is 0.369 e. The maximum absolute atomic E-state index is 4.52. The molecule has 0 aromatic carbocycles. The molecule has 2 rings (SSSR count). The molecule has 17 heavy (non-hydrogen) atoms. The standard InChI is InChI=1S/C12H14BrN3S/c1-3-8-5-6-10(17-8)12-15-7-9(13)11(16-12)14-4-2/h5-7H,3-4H2,1-2H3,(H,14,15,16). The molecule has 0 aliphatic heterocycles. The fraction of sp³-hybridized carbons (Fsp3) is 0.333. The number of anilines is 1. The van der Waals surface area contributed by atoms with Crippen LogP contribution in [0.2, 0.25) is 0 Å². The average molecular weight is 312 g/mol. The van der Waals surface area contributed by atoms with Crippen LogP contribution in [0, 0.1) is 0 Å². The fourth-order valence-electron chi connectivity index (χ4n) is 1.47. The second-order valence-corrected chi connectivity index (χ2v) is 5.56. The summed E-state index contributed by atoms with van der Waals surface area (Å²) in [7, 11) is 0. The minimum Gasteiger partial charge on any atom is -0.369 e. The number of halogens is 1. The summed E-state index contributed by atoms with van der Waals surface area (Å²) >= 11 is 5.19. The zero-order valence-corrected chi connectivity index (χ0v) is 12.2. The van der Waals surface area contributed by atoms with Crippen molar-refractivity contribution in [2.45, 2.75) is 20.3 Å². The number of thiophene rings is 1. The van der Waals surface area contributed by atoms with Crippen molar-refractivity contribution in [2.75, 3.05) is 11.9 Å². The Morgan fingerprint density at radius 1 is 1.35 bits per heavy atom. The molecule has 2 aromatic rings. The summed E-state index contributed by atoms with van der Waals surface area (Å²) in [5.41, 5.74) is 0. The minimum absolute atomic E-state index is 0.786. The van der Waals surface area contributed by atoms with Gasteiger partial charge in [0.15, 0.2) is 5.82 Å². The van der Waals surface area contributed by atoms with E-state index in [-0.39, 0.29) is 0 Å². The quantitative estimate of drug-likeness (QED) is 0.928. The molecule has 2 heterocycles.